The molecule has 2 N–H and O–H groups in total. The van der Waals surface area contributed by atoms with Gasteiger partial charge in [0, 0.05) is 18.0 Å². The second-order valence-electron chi connectivity index (χ2n) is 4.90. The van der Waals surface area contributed by atoms with E-state index in [0.717, 1.165) is 25.2 Å². The van der Waals surface area contributed by atoms with E-state index in [1.807, 2.05) is 0 Å². The number of aryl methyl sites for hydroxylation is 1. The van der Waals surface area contributed by atoms with Gasteiger partial charge in [-0.3, -0.25) is 0 Å². The lowest BCUT2D eigenvalue weighted by Gasteiger charge is -2.34. The third-order valence-corrected chi connectivity index (χ3v) is 4.47. The maximum atomic E-state index is 5.65. The molecule has 0 atom stereocenters. The third kappa shape index (κ3) is 3.42. The Labute approximate surface area is 108 Å². The first-order valence-electron chi connectivity index (χ1n) is 6.70. The summed E-state index contributed by atoms with van der Waals surface area (Å²) in [5.74, 6) is 0. The minimum atomic E-state index is 0.695. The van der Waals surface area contributed by atoms with Gasteiger partial charge in [-0.2, -0.15) is 0 Å². The molecule has 3 nitrogen and oxygen atoms in total. The molecule has 0 amide bonds. The zero-order valence-corrected chi connectivity index (χ0v) is 11.5. The van der Waals surface area contributed by atoms with E-state index in [1.165, 1.54) is 37.2 Å². The van der Waals surface area contributed by atoms with Crippen LogP contribution < -0.4 is 10.6 Å². The molecule has 1 aromatic heterocycles. The van der Waals surface area contributed by atoms with Crippen molar-refractivity contribution < 1.29 is 0 Å². The molecule has 0 spiro atoms. The van der Waals surface area contributed by atoms with E-state index in [-0.39, 0.29) is 0 Å². The molecule has 0 bridgehead atoms. The zero-order valence-electron chi connectivity index (χ0n) is 10.7. The molecule has 1 aliphatic rings. The Morgan fingerprint density at radius 2 is 2.18 bits per heavy atom. The average Bonchev–Trinajstić information content (AvgIpc) is 2.78. The molecule has 0 unspecified atom stereocenters. The molecular formula is C13H23N3S. The van der Waals surface area contributed by atoms with Gasteiger partial charge in [-0.1, -0.05) is 19.3 Å². The van der Waals surface area contributed by atoms with Crippen molar-refractivity contribution >= 4 is 16.5 Å². The van der Waals surface area contributed by atoms with Crippen LogP contribution in [-0.4, -0.2) is 24.1 Å². The summed E-state index contributed by atoms with van der Waals surface area (Å²) in [7, 11) is 0. The number of anilines is 1. The number of rotatable bonds is 5. The van der Waals surface area contributed by atoms with Crippen LogP contribution in [0, 0.1) is 6.92 Å². The maximum absolute atomic E-state index is 5.65. The fourth-order valence-electron chi connectivity index (χ4n) is 2.56. The van der Waals surface area contributed by atoms with Gasteiger partial charge >= 0.3 is 0 Å². The summed E-state index contributed by atoms with van der Waals surface area (Å²) in [6.07, 6.45) is 7.85. The van der Waals surface area contributed by atoms with Gasteiger partial charge in [-0.15, -0.1) is 11.3 Å². The van der Waals surface area contributed by atoms with E-state index in [2.05, 4.69) is 22.2 Å². The van der Waals surface area contributed by atoms with Crippen LogP contribution in [0.5, 0.6) is 0 Å². The first-order valence-corrected chi connectivity index (χ1v) is 7.58. The summed E-state index contributed by atoms with van der Waals surface area (Å²) < 4.78 is 0. The molecule has 4 heteroatoms. The largest absolute Gasteiger partial charge is 0.345 e. The lowest BCUT2D eigenvalue weighted by atomic mass is 9.94. The van der Waals surface area contributed by atoms with Crippen LogP contribution >= 0.6 is 11.3 Å². The molecule has 96 valence electrons. The highest BCUT2D eigenvalue weighted by Gasteiger charge is 2.22. The summed E-state index contributed by atoms with van der Waals surface area (Å²) in [4.78, 5) is 7.15. The van der Waals surface area contributed by atoms with Crippen molar-refractivity contribution in [2.24, 2.45) is 5.73 Å². The van der Waals surface area contributed by atoms with Gasteiger partial charge in [0.25, 0.3) is 0 Å². The van der Waals surface area contributed by atoms with Gasteiger partial charge in [-0.05, 0) is 32.7 Å². The molecule has 0 aromatic carbocycles. The zero-order chi connectivity index (χ0) is 12.1. The Balaban J connectivity index is 2.06. The van der Waals surface area contributed by atoms with Crippen molar-refractivity contribution in [3.63, 3.8) is 0 Å². The smallest absolute Gasteiger partial charge is 0.185 e. The van der Waals surface area contributed by atoms with E-state index in [0.29, 0.717) is 6.04 Å². The molecule has 2 rings (SSSR count). The van der Waals surface area contributed by atoms with E-state index in [1.54, 1.807) is 11.3 Å². The second kappa shape index (κ2) is 6.36. The van der Waals surface area contributed by atoms with E-state index in [9.17, 15) is 0 Å². The van der Waals surface area contributed by atoms with Crippen LogP contribution in [-0.2, 0) is 0 Å². The SMILES string of the molecule is Cc1csc(N(CCCN)C2CCCCC2)n1. The van der Waals surface area contributed by atoms with Gasteiger partial charge in [0.1, 0.15) is 0 Å². The molecule has 1 heterocycles. The molecule has 0 radical (unpaired) electrons. The third-order valence-electron chi connectivity index (χ3n) is 3.47. The summed E-state index contributed by atoms with van der Waals surface area (Å²) in [5, 5.41) is 3.34. The van der Waals surface area contributed by atoms with E-state index >= 15 is 0 Å². The minimum Gasteiger partial charge on any atom is -0.345 e. The highest BCUT2D eigenvalue weighted by molar-refractivity contribution is 7.13. The van der Waals surface area contributed by atoms with Crippen molar-refractivity contribution in [3.8, 4) is 0 Å². The molecule has 0 saturated heterocycles. The number of aromatic nitrogens is 1. The van der Waals surface area contributed by atoms with Gasteiger partial charge in [0.2, 0.25) is 0 Å². The lowest BCUT2D eigenvalue weighted by molar-refractivity contribution is 0.412. The summed E-state index contributed by atoms with van der Waals surface area (Å²) in [6.45, 7) is 3.91. The molecular weight excluding hydrogens is 230 g/mol. The Hall–Kier alpha value is -0.610. The van der Waals surface area contributed by atoms with Crippen LogP contribution in [0.1, 0.15) is 44.2 Å². The molecule has 1 aromatic rings. The molecule has 1 saturated carbocycles. The summed E-state index contributed by atoms with van der Waals surface area (Å²) >= 11 is 1.78. The Kier molecular flexibility index (Phi) is 4.80. The normalized spacial score (nSPS) is 17.3. The van der Waals surface area contributed by atoms with Gasteiger partial charge in [0.15, 0.2) is 5.13 Å². The maximum Gasteiger partial charge on any atom is 0.185 e. The van der Waals surface area contributed by atoms with Crippen molar-refractivity contribution in [1.82, 2.24) is 4.98 Å². The number of nitrogens with zero attached hydrogens (tertiary/aromatic N) is 2. The highest BCUT2D eigenvalue weighted by atomic mass is 32.1. The predicted octanol–water partition coefficient (Wildman–Crippen LogP) is 2.94. The van der Waals surface area contributed by atoms with Crippen molar-refractivity contribution in [3.05, 3.63) is 11.1 Å². The monoisotopic (exact) mass is 253 g/mol. The predicted molar refractivity (Wildman–Crippen MR) is 74.7 cm³/mol. The summed E-state index contributed by atoms with van der Waals surface area (Å²) in [5.41, 5.74) is 6.78. The standard InChI is InChI=1S/C13H23N3S/c1-11-10-17-13(15-11)16(9-5-8-14)12-6-3-2-4-7-12/h10,12H,2-9,14H2,1H3. The number of thiazole rings is 1. The lowest BCUT2D eigenvalue weighted by Crippen LogP contribution is -2.38. The Bertz CT molecular complexity index is 331. The Morgan fingerprint density at radius 1 is 1.41 bits per heavy atom. The van der Waals surface area contributed by atoms with E-state index < -0.39 is 0 Å². The first-order chi connectivity index (χ1) is 8.31. The van der Waals surface area contributed by atoms with E-state index in [4.69, 9.17) is 5.73 Å². The highest BCUT2D eigenvalue weighted by Crippen LogP contribution is 2.29. The molecule has 1 aliphatic carbocycles. The fraction of sp³-hybridized carbons (Fsp3) is 0.769. The number of nitrogens with two attached hydrogens (primary N) is 1. The molecule has 0 aliphatic heterocycles. The van der Waals surface area contributed by atoms with Crippen molar-refractivity contribution in [2.45, 2.75) is 51.5 Å². The van der Waals surface area contributed by atoms with Crippen LogP contribution in [0.4, 0.5) is 5.13 Å². The van der Waals surface area contributed by atoms with Crippen LogP contribution in [0.2, 0.25) is 0 Å². The van der Waals surface area contributed by atoms with Crippen molar-refractivity contribution in [1.29, 1.82) is 0 Å². The average molecular weight is 253 g/mol. The number of hydrogen-bond acceptors (Lipinski definition) is 4. The van der Waals surface area contributed by atoms with Crippen LogP contribution in [0.3, 0.4) is 0 Å². The van der Waals surface area contributed by atoms with Gasteiger partial charge < -0.3 is 10.6 Å². The quantitative estimate of drug-likeness (QED) is 0.877. The van der Waals surface area contributed by atoms with Crippen LogP contribution in [0.15, 0.2) is 5.38 Å². The number of hydrogen-bond donors (Lipinski definition) is 1. The summed E-state index contributed by atoms with van der Waals surface area (Å²) in [6, 6.07) is 0.695. The first kappa shape index (κ1) is 12.8. The van der Waals surface area contributed by atoms with Crippen LogP contribution in [0.25, 0.3) is 0 Å². The molecule has 1 fully saturated rings. The Morgan fingerprint density at radius 3 is 2.76 bits per heavy atom. The van der Waals surface area contributed by atoms with Crippen molar-refractivity contribution in [2.75, 3.05) is 18.0 Å². The molecule has 17 heavy (non-hydrogen) atoms. The minimum absolute atomic E-state index is 0.695. The topological polar surface area (TPSA) is 42.1 Å². The fourth-order valence-corrected chi connectivity index (χ4v) is 3.46. The van der Waals surface area contributed by atoms with Gasteiger partial charge in [-0.25, -0.2) is 4.98 Å². The second-order valence-corrected chi connectivity index (χ2v) is 5.74. The van der Waals surface area contributed by atoms with Gasteiger partial charge in [0.05, 0.1) is 5.69 Å².